The van der Waals surface area contributed by atoms with Crippen LogP contribution in [0.15, 0.2) is 29.2 Å². The Kier molecular flexibility index (Phi) is 4.81. The smallest absolute Gasteiger partial charge is 0.407 e. The molecule has 0 saturated carbocycles. The Bertz CT molecular complexity index is 615. The number of aryl methyl sites for hydroxylation is 1. The minimum atomic E-state index is -3.87. The van der Waals surface area contributed by atoms with Crippen LogP contribution in [0.3, 0.4) is 0 Å². The Hall–Kier alpha value is -1.64. The van der Waals surface area contributed by atoms with Gasteiger partial charge in [0.25, 0.3) is 10.1 Å². The maximum Gasteiger partial charge on any atom is 0.407 e. The molecule has 1 N–H and O–H groups in total. The fourth-order valence-corrected chi connectivity index (χ4v) is 3.23. The third-order valence-corrected chi connectivity index (χ3v) is 4.62. The highest BCUT2D eigenvalue weighted by atomic mass is 32.2. The van der Waals surface area contributed by atoms with Gasteiger partial charge in [0.15, 0.2) is 0 Å². The van der Waals surface area contributed by atoms with E-state index in [2.05, 4.69) is 0 Å². The van der Waals surface area contributed by atoms with Gasteiger partial charge in [0.2, 0.25) is 0 Å². The zero-order chi connectivity index (χ0) is 15.5. The molecule has 1 saturated heterocycles. The minimum Gasteiger partial charge on any atom is -0.465 e. The van der Waals surface area contributed by atoms with Crippen molar-refractivity contribution in [2.24, 2.45) is 0 Å². The molecule has 1 aliphatic heterocycles. The number of rotatable bonds is 4. The third kappa shape index (κ3) is 3.93. The molecule has 1 heterocycles. The van der Waals surface area contributed by atoms with Gasteiger partial charge >= 0.3 is 6.09 Å². The Morgan fingerprint density at radius 3 is 2.86 bits per heavy atom. The number of benzene rings is 1. The standard InChI is InChI=1S/C13H17NO6S/c1-10-4-2-3-5-12(10)21(17,18)20-9-11-8-14(13(15)16)6-7-19-11/h2-5,11H,6-9H2,1H3,(H,15,16)/t11-/m1/s1. The van der Waals surface area contributed by atoms with E-state index in [4.69, 9.17) is 14.0 Å². The normalized spacial score (nSPS) is 19.5. The first kappa shape index (κ1) is 15.7. The van der Waals surface area contributed by atoms with Crippen LogP contribution in [0.4, 0.5) is 4.79 Å². The lowest BCUT2D eigenvalue weighted by molar-refractivity contribution is -0.0402. The molecular formula is C13H17NO6S. The highest BCUT2D eigenvalue weighted by molar-refractivity contribution is 7.86. The second-order valence-corrected chi connectivity index (χ2v) is 6.31. The van der Waals surface area contributed by atoms with E-state index in [-0.39, 0.29) is 31.2 Å². The van der Waals surface area contributed by atoms with Crippen molar-refractivity contribution in [3.05, 3.63) is 29.8 Å². The van der Waals surface area contributed by atoms with E-state index < -0.39 is 22.3 Å². The van der Waals surface area contributed by atoms with E-state index in [1.165, 1.54) is 11.0 Å². The quantitative estimate of drug-likeness (QED) is 0.836. The molecule has 1 fully saturated rings. The predicted molar refractivity (Wildman–Crippen MR) is 73.7 cm³/mol. The molecular weight excluding hydrogens is 298 g/mol. The summed E-state index contributed by atoms with van der Waals surface area (Å²) < 4.78 is 34.5. The topological polar surface area (TPSA) is 93.1 Å². The van der Waals surface area contributed by atoms with Crippen molar-refractivity contribution in [1.29, 1.82) is 0 Å². The van der Waals surface area contributed by atoms with Crippen LogP contribution in [0.5, 0.6) is 0 Å². The van der Waals surface area contributed by atoms with E-state index in [1.54, 1.807) is 25.1 Å². The Morgan fingerprint density at radius 1 is 1.48 bits per heavy atom. The molecule has 2 rings (SSSR count). The van der Waals surface area contributed by atoms with Crippen molar-refractivity contribution in [2.75, 3.05) is 26.3 Å². The van der Waals surface area contributed by atoms with Gasteiger partial charge in [-0.05, 0) is 18.6 Å². The van der Waals surface area contributed by atoms with Crippen molar-refractivity contribution >= 4 is 16.2 Å². The van der Waals surface area contributed by atoms with E-state index >= 15 is 0 Å². The third-order valence-electron chi connectivity index (χ3n) is 3.18. The molecule has 7 nitrogen and oxygen atoms in total. The van der Waals surface area contributed by atoms with Gasteiger partial charge in [-0.15, -0.1) is 0 Å². The van der Waals surface area contributed by atoms with Crippen LogP contribution in [0.1, 0.15) is 5.56 Å². The van der Waals surface area contributed by atoms with Gasteiger partial charge in [-0.1, -0.05) is 18.2 Å². The lowest BCUT2D eigenvalue weighted by Gasteiger charge is -2.30. The first-order valence-electron chi connectivity index (χ1n) is 6.44. The first-order valence-corrected chi connectivity index (χ1v) is 7.85. The van der Waals surface area contributed by atoms with E-state index in [9.17, 15) is 13.2 Å². The lowest BCUT2D eigenvalue weighted by atomic mass is 10.2. The maximum atomic E-state index is 12.1. The molecule has 116 valence electrons. The number of ether oxygens (including phenoxy) is 1. The average molecular weight is 315 g/mol. The highest BCUT2D eigenvalue weighted by Gasteiger charge is 2.26. The number of carboxylic acid groups (broad SMARTS) is 1. The molecule has 0 unspecified atom stereocenters. The Labute approximate surface area is 123 Å². The van der Waals surface area contributed by atoms with Gasteiger partial charge in [0.05, 0.1) is 24.7 Å². The lowest BCUT2D eigenvalue weighted by Crippen LogP contribution is -2.46. The fraction of sp³-hybridized carbons (Fsp3) is 0.462. The van der Waals surface area contributed by atoms with Crippen molar-refractivity contribution < 1.29 is 27.2 Å². The van der Waals surface area contributed by atoms with Gasteiger partial charge < -0.3 is 14.7 Å². The number of morpholine rings is 1. The van der Waals surface area contributed by atoms with Crippen molar-refractivity contribution in [3.63, 3.8) is 0 Å². The number of hydrogen-bond acceptors (Lipinski definition) is 5. The number of nitrogens with zero attached hydrogens (tertiary/aromatic N) is 1. The fourth-order valence-electron chi connectivity index (χ4n) is 2.06. The minimum absolute atomic E-state index is 0.0959. The predicted octanol–water partition coefficient (Wildman–Crippen LogP) is 1.08. The number of amides is 1. The van der Waals surface area contributed by atoms with E-state index in [0.29, 0.717) is 5.56 Å². The van der Waals surface area contributed by atoms with Crippen LogP contribution < -0.4 is 0 Å². The highest BCUT2D eigenvalue weighted by Crippen LogP contribution is 2.18. The zero-order valence-corrected chi connectivity index (χ0v) is 12.4. The molecule has 0 radical (unpaired) electrons. The molecule has 1 amide bonds. The molecule has 1 aliphatic rings. The SMILES string of the molecule is Cc1ccccc1S(=O)(=O)OC[C@H]1CN(C(=O)O)CCO1. The van der Waals surface area contributed by atoms with Gasteiger partial charge in [-0.3, -0.25) is 4.18 Å². The summed E-state index contributed by atoms with van der Waals surface area (Å²) in [7, 11) is -3.87. The Balaban J connectivity index is 1.99. The molecule has 8 heteroatoms. The average Bonchev–Trinajstić information content (AvgIpc) is 2.46. The van der Waals surface area contributed by atoms with Crippen molar-refractivity contribution in [3.8, 4) is 0 Å². The summed E-state index contributed by atoms with van der Waals surface area (Å²) in [5.41, 5.74) is 0.592. The van der Waals surface area contributed by atoms with Crippen LogP contribution in [0, 0.1) is 6.92 Å². The maximum absolute atomic E-state index is 12.1. The molecule has 1 aromatic rings. The van der Waals surface area contributed by atoms with Crippen molar-refractivity contribution in [2.45, 2.75) is 17.9 Å². The number of hydrogen-bond donors (Lipinski definition) is 1. The summed E-state index contributed by atoms with van der Waals surface area (Å²) in [5.74, 6) is 0. The Morgan fingerprint density at radius 2 is 2.19 bits per heavy atom. The van der Waals surface area contributed by atoms with Crippen LogP contribution in [0.2, 0.25) is 0 Å². The second kappa shape index (κ2) is 6.42. The summed E-state index contributed by atoms with van der Waals surface area (Å²) in [4.78, 5) is 12.2. The molecule has 0 aromatic heterocycles. The molecule has 1 atom stereocenters. The van der Waals surface area contributed by atoms with Crippen molar-refractivity contribution in [1.82, 2.24) is 4.90 Å². The molecule has 0 spiro atoms. The van der Waals surface area contributed by atoms with Crippen LogP contribution >= 0.6 is 0 Å². The molecule has 0 bridgehead atoms. The van der Waals surface area contributed by atoms with Crippen LogP contribution in [-0.4, -0.2) is 56.9 Å². The van der Waals surface area contributed by atoms with Crippen LogP contribution in [0.25, 0.3) is 0 Å². The van der Waals surface area contributed by atoms with Gasteiger partial charge in [-0.2, -0.15) is 8.42 Å². The molecule has 1 aromatic carbocycles. The van der Waals surface area contributed by atoms with Crippen LogP contribution in [-0.2, 0) is 19.0 Å². The van der Waals surface area contributed by atoms with E-state index in [1.807, 2.05) is 0 Å². The van der Waals surface area contributed by atoms with Gasteiger partial charge in [-0.25, -0.2) is 4.79 Å². The first-order chi connectivity index (χ1) is 9.90. The summed E-state index contributed by atoms with van der Waals surface area (Å²) in [6.45, 7) is 2.07. The van der Waals surface area contributed by atoms with Gasteiger partial charge in [0, 0.05) is 6.54 Å². The molecule has 21 heavy (non-hydrogen) atoms. The van der Waals surface area contributed by atoms with E-state index in [0.717, 1.165) is 0 Å². The zero-order valence-electron chi connectivity index (χ0n) is 11.6. The summed E-state index contributed by atoms with van der Waals surface area (Å²) in [6, 6.07) is 6.51. The largest absolute Gasteiger partial charge is 0.465 e. The summed E-state index contributed by atoms with van der Waals surface area (Å²) in [6.07, 6.45) is -1.64. The summed E-state index contributed by atoms with van der Waals surface area (Å²) >= 11 is 0. The molecule has 0 aliphatic carbocycles. The number of carbonyl (C=O) groups is 1. The summed E-state index contributed by atoms with van der Waals surface area (Å²) in [5, 5.41) is 8.91. The monoisotopic (exact) mass is 315 g/mol. The second-order valence-electron chi connectivity index (χ2n) is 4.73. The van der Waals surface area contributed by atoms with Gasteiger partial charge in [0.1, 0.15) is 6.10 Å².